The highest BCUT2D eigenvalue weighted by atomic mass is 35.5. The minimum atomic E-state index is -0.265. The normalized spacial score (nSPS) is 21.0. The summed E-state index contributed by atoms with van der Waals surface area (Å²) in [5.74, 6) is -0.485. The van der Waals surface area contributed by atoms with Crippen LogP contribution in [0.1, 0.15) is 30.1 Å². The monoisotopic (exact) mass is 409 g/mol. The van der Waals surface area contributed by atoms with Gasteiger partial charge in [-0.1, -0.05) is 23.3 Å². The van der Waals surface area contributed by atoms with Gasteiger partial charge in [0.2, 0.25) is 11.8 Å². The number of hydrogen-bond acceptors (Lipinski definition) is 4. The first-order valence-corrected chi connectivity index (χ1v) is 9.87. The van der Waals surface area contributed by atoms with Crippen molar-refractivity contribution in [2.45, 2.75) is 19.8 Å². The van der Waals surface area contributed by atoms with Crippen molar-refractivity contribution in [3.63, 3.8) is 0 Å². The van der Waals surface area contributed by atoms with Gasteiger partial charge in [0.05, 0.1) is 17.5 Å². The first-order valence-electron chi connectivity index (χ1n) is 9.49. The van der Waals surface area contributed by atoms with E-state index in [-0.39, 0.29) is 36.0 Å². The molecule has 29 heavy (non-hydrogen) atoms. The van der Waals surface area contributed by atoms with E-state index < -0.39 is 0 Å². The third-order valence-corrected chi connectivity index (χ3v) is 5.71. The lowest BCUT2D eigenvalue weighted by molar-refractivity contribution is -0.122. The highest BCUT2D eigenvalue weighted by molar-refractivity contribution is 6.30. The molecule has 2 aliphatic rings. The molecule has 0 N–H and O–H groups in total. The van der Waals surface area contributed by atoms with Gasteiger partial charge < -0.3 is 4.74 Å². The van der Waals surface area contributed by atoms with Crippen molar-refractivity contribution in [1.82, 2.24) is 0 Å². The van der Waals surface area contributed by atoms with Crippen LogP contribution in [0.4, 0.5) is 5.69 Å². The third kappa shape index (κ3) is 3.83. The molecule has 2 aromatic carbocycles. The molecule has 0 unspecified atom stereocenters. The molecule has 1 aliphatic heterocycles. The molecule has 148 valence electrons. The van der Waals surface area contributed by atoms with Gasteiger partial charge in [-0.3, -0.25) is 19.3 Å². The van der Waals surface area contributed by atoms with E-state index in [9.17, 15) is 14.4 Å². The summed E-state index contributed by atoms with van der Waals surface area (Å²) in [6.07, 6.45) is 3.30. The summed E-state index contributed by atoms with van der Waals surface area (Å²) in [6.45, 7) is 1.88. The second-order valence-corrected chi connectivity index (χ2v) is 7.86. The molecule has 1 saturated heterocycles. The zero-order chi connectivity index (χ0) is 20.5. The fraction of sp³-hybridized carbons (Fsp3) is 0.261. The average Bonchev–Trinajstić information content (AvgIpc) is 2.97. The van der Waals surface area contributed by atoms with Crippen molar-refractivity contribution in [2.24, 2.45) is 11.8 Å². The van der Waals surface area contributed by atoms with E-state index >= 15 is 0 Å². The molecule has 1 fully saturated rings. The lowest BCUT2D eigenvalue weighted by atomic mass is 9.82. The van der Waals surface area contributed by atoms with E-state index in [1.807, 2.05) is 13.0 Å². The number of allylic oxidation sites excluding steroid dienone is 2. The molecule has 0 bridgehead atoms. The number of ketones is 1. The quantitative estimate of drug-likeness (QED) is 0.416. The molecule has 1 heterocycles. The van der Waals surface area contributed by atoms with Crippen molar-refractivity contribution < 1.29 is 19.1 Å². The Morgan fingerprint density at radius 1 is 1.03 bits per heavy atom. The highest BCUT2D eigenvalue weighted by Crippen LogP contribution is 2.39. The molecule has 2 atom stereocenters. The largest absolute Gasteiger partial charge is 0.485 e. The number of halogens is 1. The number of imide groups is 1. The van der Waals surface area contributed by atoms with Gasteiger partial charge in [0.25, 0.3) is 0 Å². The van der Waals surface area contributed by atoms with Gasteiger partial charge in [-0.2, -0.15) is 0 Å². The highest BCUT2D eigenvalue weighted by Gasteiger charge is 2.48. The Morgan fingerprint density at radius 3 is 2.38 bits per heavy atom. The molecule has 5 nitrogen and oxygen atoms in total. The number of anilines is 1. The van der Waals surface area contributed by atoms with Crippen LogP contribution < -0.4 is 9.64 Å². The minimum absolute atomic E-state index is 0.113. The first-order chi connectivity index (χ1) is 13.9. The maximum absolute atomic E-state index is 12.8. The Morgan fingerprint density at radius 2 is 1.69 bits per heavy atom. The van der Waals surface area contributed by atoms with Crippen molar-refractivity contribution in [3.8, 4) is 5.75 Å². The lowest BCUT2D eigenvalue weighted by Crippen LogP contribution is -2.30. The number of benzene rings is 2. The van der Waals surface area contributed by atoms with E-state index in [0.29, 0.717) is 34.9 Å². The summed E-state index contributed by atoms with van der Waals surface area (Å²) in [4.78, 5) is 39.0. The Hall–Kier alpha value is -2.92. The number of nitrogens with zero attached hydrogens (tertiary/aromatic N) is 1. The summed E-state index contributed by atoms with van der Waals surface area (Å²) in [7, 11) is 0. The van der Waals surface area contributed by atoms with Gasteiger partial charge in [-0.05, 0) is 68.3 Å². The second-order valence-electron chi connectivity index (χ2n) is 7.43. The van der Waals surface area contributed by atoms with E-state index in [1.165, 1.54) is 4.90 Å². The minimum Gasteiger partial charge on any atom is -0.485 e. The van der Waals surface area contributed by atoms with Gasteiger partial charge in [0, 0.05) is 10.6 Å². The Kier molecular flexibility index (Phi) is 5.24. The van der Waals surface area contributed by atoms with Crippen molar-refractivity contribution in [1.29, 1.82) is 0 Å². The maximum atomic E-state index is 12.8. The SMILES string of the molecule is CC1=CC[C@@H]2C(=O)N(c3ccc(OCC(=O)c4ccc(Cl)cc4)cc3)C(=O)[C@@H]2C1. The summed E-state index contributed by atoms with van der Waals surface area (Å²) in [5.41, 5.74) is 2.21. The van der Waals surface area contributed by atoms with Gasteiger partial charge >= 0.3 is 0 Å². The number of rotatable bonds is 5. The van der Waals surface area contributed by atoms with E-state index in [1.54, 1.807) is 48.5 Å². The Labute approximate surface area is 173 Å². The molecule has 6 heteroatoms. The Bertz CT molecular complexity index is 995. The standard InChI is InChI=1S/C23H20ClNO4/c1-14-2-11-19-20(12-14)23(28)25(22(19)27)17-7-9-18(10-8-17)29-13-21(26)15-3-5-16(24)6-4-15/h2-10,19-20H,11-13H2,1H3/t19-,20+/m0/s1. The number of ether oxygens (including phenoxy) is 1. The zero-order valence-electron chi connectivity index (χ0n) is 15.9. The molecule has 0 saturated carbocycles. The molecule has 0 radical (unpaired) electrons. The summed E-state index contributed by atoms with van der Waals surface area (Å²) in [5, 5.41) is 0.565. The number of fused-ring (bicyclic) bond motifs is 1. The predicted molar refractivity (Wildman–Crippen MR) is 110 cm³/mol. The molecule has 1 aliphatic carbocycles. The van der Waals surface area contributed by atoms with Crippen LogP contribution in [0.5, 0.6) is 5.75 Å². The van der Waals surface area contributed by atoms with Crippen LogP contribution in [0.15, 0.2) is 60.2 Å². The van der Waals surface area contributed by atoms with Gasteiger partial charge in [0.1, 0.15) is 5.75 Å². The predicted octanol–water partition coefficient (Wildman–Crippen LogP) is 4.45. The number of hydrogen-bond donors (Lipinski definition) is 0. The molecule has 2 amide bonds. The summed E-state index contributed by atoms with van der Waals surface area (Å²) >= 11 is 5.83. The van der Waals surface area contributed by atoms with E-state index in [2.05, 4.69) is 0 Å². The molecule has 0 spiro atoms. The maximum Gasteiger partial charge on any atom is 0.238 e. The van der Waals surface area contributed by atoms with Crippen LogP contribution in [-0.4, -0.2) is 24.2 Å². The molecule has 4 rings (SSSR count). The van der Waals surface area contributed by atoms with Gasteiger partial charge in [-0.25, -0.2) is 0 Å². The van der Waals surface area contributed by atoms with Crippen LogP contribution in [0.2, 0.25) is 5.02 Å². The van der Waals surface area contributed by atoms with Crippen LogP contribution in [0.25, 0.3) is 0 Å². The Balaban J connectivity index is 1.42. The number of amides is 2. The summed E-state index contributed by atoms with van der Waals surface area (Å²) < 4.78 is 5.55. The van der Waals surface area contributed by atoms with Crippen molar-refractivity contribution in [3.05, 3.63) is 70.8 Å². The molecular formula is C23H20ClNO4. The van der Waals surface area contributed by atoms with E-state index in [0.717, 1.165) is 5.57 Å². The zero-order valence-corrected chi connectivity index (χ0v) is 16.7. The lowest BCUT2D eigenvalue weighted by Gasteiger charge is -2.18. The average molecular weight is 410 g/mol. The summed E-state index contributed by atoms with van der Waals surface area (Å²) in [6, 6.07) is 13.3. The molecule has 2 aromatic rings. The second kappa shape index (κ2) is 7.84. The molecular weight excluding hydrogens is 390 g/mol. The van der Waals surface area contributed by atoms with Crippen molar-refractivity contribution >= 4 is 34.9 Å². The van der Waals surface area contributed by atoms with E-state index in [4.69, 9.17) is 16.3 Å². The van der Waals surface area contributed by atoms with Crippen LogP contribution >= 0.6 is 11.6 Å². The fourth-order valence-corrected chi connectivity index (χ4v) is 3.98. The molecule has 0 aromatic heterocycles. The topological polar surface area (TPSA) is 63.7 Å². The number of carbonyl (C=O) groups is 3. The van der Waals surface area contributed by atoms with Gasteiger partial charge in [0.15, 0.2) is 12.4 Å². The van der Waals surface area contributed by atoms with Crippen LogP contribution in [-0.2, 0) is 9.59 Å². The van der Waals surface area contributed by atoms with Gasteiger partial charge in [-0.15, -0.1) is 0 Å². The number of Topliss-reactive ketones (excluding diaryl/α,β-unsaturated/α-hetero) is 1. The fourth-order valence-electron chi connectivity index (χ4n) is 3.85. The van der Waals surface area contributed by atoms with Crippen LogP contribution in [0.3, 0.4) is 0 Å². The van der Waals surface area contributed by atoms with Crippen molar-refractivity contribution in [2.75, 3.05) is 11.5 Å². The van der Waals surface area contributed by atoms with Crippen LogP contribution in [0, 0.1) is 11.8 Å². The number of carbonyl (C=O) groups excluding carboxylic acids is 3. The third-order valence-electron chi connectivity index (χ3n) is 5.45. The first kappa shape index (κ1) is 19.4. The smallest absolute Gasteiger partial charge is 0.238 e.